The van der Waals surface area contributed by atoms with Gasteiger partial charge in [-0.05, 0) is 19.5 Å². The SMILES string of the molecule is NCCCNC1O[C@H](CO)[C@@H](O)[C@H](O[C@@H]2O[C@H](CO)[C@@H](O)[C@H](O)[C@H]2O)[C@H]1O. The predicted octanol–water partition coefficient (Wildman–Crippen LogP) is -5.45. The maximum atomic E-state index is 10.5. The summed E-state index contributed by atoms with van der Waals surface area (Å²) in [5, 5.41) is 72.1. The molecule has 12 nitrogen and oxygen atoms in total. The molecular weight excluding hydrogens is 368 g/mol. The van der Waals surface area contributed by atoms with E-state index in [0.29, 0.717) is 19.5 Å². The molecule has 2 aliphatic heterocycles. The zero-order chi connectivity index (χ0) is 20.1. The van der Waals surface area contributed by atoms with Crippen molar-refractivity contribution < 1.29 is 50.0 Å². The van der Waals surface area contributed by atoms with Crippen LogP contribution in [0.15, 0.2) is 0 Å². The third-order valence-corrected chi connectivity index (χ3v) is 4.73. The lowest BCUT2D eigenvalue weighted by atomic mass is 9.96. The van der Waals surface area contributed by atoms with Crippen molar-refractivity contribution in [1.82, 2.24) is 5.32 Å². The Balaban J connectivity index is 2.10. The van der Waals surface area contributed by atoms with Gasteiger partial charge in [0.15, 0.2) is 6.29 Å². The van der Waals surface area contributed by atoms with Crippen LogP contribution in [0.4, 0.5) is 0 Å². The van der Waals surface area contributed by atoms with Crippen LogP contribution in [0.25, 0.3) is 0 Å². The summed E-state index contributed by atoms with van der Waals surface area (Å²) in [4.78, 5) is 0. The summed E-state index contributed by atoms with van der Waals surface area (Å²) < 4.78 is 16.1. The van der Waals surface area contributed by atoms with E-state index in [-0.39, 0.29) is 0 Å². The van der Waals surface area contributed by atoms with Gasteiger partial charge in [0.1, 0.15) is 55.1 Å². The fraction of sp³-hybridized carbons (Fsp3) is 1.00. The minimum Gasteiger partial charge on any atom is -0.394 e. The van der Waals surface area contributed by atoms with Crippen molar-refractivity contribution in [1.29, 1.82) is 0 Å². The molecule has 27 heavy (non-hydrogen) atoms. The molecule has 2 saturated heterocycles. The van der Waals surface area contributed by atoms with Gasteiger partial charge in [-0.15, -0.1) is 0 Å². The molecule has 2 fully saturated rings. The molecule has 1 unspecified atom stereocenters. The third kappa shape index (κ3) is 5.12. The van der Waals surface area contributed by atoms with Crippen molar-refractivity contribution in [2.75, 3.05) is 26.3 Å². The van der Waals surface area contributed by atoms with E-state index >= 15 is 0 Å². The van der Waals surface area contributed by atoms with Gasteiger partial charge in [-0.3, -0.25) is 5.32 Å². The molecule has 0 aromatic carbocycles. The first-order chi connectivity index (χ1) is 12.8. The second kappa shape index (κ2) is 10.3. The molecule has 0 aromatic heterocycles. The topological polar surface area (TPSA) is 207 Å². The highest BCUT2D eigenvalue weighted by atomic mass is 16.7. The molecule has 12 heteroatoms. The second-order valence-electron chi connectivity index (χ2n) is 6.65. The van der Waals surface area contributed by atoms with Gasteiger partial charge < -0.3 is 55.7 Å². The van der Waals surface area contributed by atoms with Crippen LogP contribution in [-0.2, 0) is 14.2 Å². The number of hydrogen-bond acceptors (Lipinski definition) is 12. The largest absolute Gasteiger partial charge is 0.394 e. The van der Waals surface area contributed by atoms with E-state index in [1.54, 1.807) is 0 Å². The molecule has 0 aliphatic carbocycles. The lowest BCUT2D eigenvalue weighted by Crippen LogP contribution is -2.66. The number of nitrogens with two attached hydrogens (primary N) is 1. The Bertz CT molecular complexity index is 445. The van der Waals surface area contributed by atoms with Crippen LogP contribution >= 0.6 is 0 Å². The molecule has 160 valence electrons. The van der Waals surface area contributed by atoms with E-state index in [0.717, 1.165) is 0 Å². The number of nitrogens with one attached hydrogen (secondary N) is 1. The number of hydrogen-bond donors (Lipinski definition) is 9. The minimum atomic E-state index is -1.69. The van der Waals surface area contributed by atoms with E-state index in [1.807, 2.05) is 0 Å². The molecule has 10 N–H and O–H groups in total. The Morgan fingerprint density at radius 1 is 0.815 bits per heavy atom. The van der Waals surface area contributed by atoms with Crippen molar-refractivity contribution in [2.45, 2.75) is 67.8 Å². The van der Waals surface area contributed by atoms with Gasteiger partial charge in [0.2, 0.25) is 0 Å². The van der Waals surface area contributed by atoms with E-state index in [9.17, 15) is 35.7 Å². The molecule has 0 bridgehead atoms. The average molecular weight is 398 g/mol. The first-order valence-electron chi connectivity index (χ1n) is 8.87. The van der Waals surface area contributed by atoms with E-state index in [4.69, 9.17) is 19.9 Å². The summed E-state index contributed by atoms with van der Waals surface area (Å²) in [5.74, 6) is 0. The minimum absolute atomic E-state index is 0.402. The number of aliphatic hydroxyl groups is 7. The quantitative estimate of drug-likeness (QED) is 0.176. The zero-order valence-corrected chi connectivity index (χ0v) is 14.7. The van der Waals surface area contributed by atoms with Gasteiger partial charge in [0.25, 0.3) is 0 Å². The van der Waals surface area contributed by atoms with Gasteiger partial charge >= 0.3 is 0 Å². The highest BCUT2D eigenvalue weighted by Crippen LogP contribution is 2.28. The fourth-order valence-corrected chi connectivity index (χ4v) is 3.10. The third-order valence-electron chi connectivity index (χ3n) is 4.73. The molecule has 2 aliphatic rings. The normalized spacial score (nSPS) is 45.8. The fourth-order valence-electron chi connectivity index (χ4n) is 3.10. The van der Waals surface area contributed by atoms with Crippen molar-refractivity contribution in [3.05, 3.63) is 0 Å². The molecule has 2 rings (SSSR count). The Labute approximate surface area is 156 Å². The molecule has 0 spiro atoms. The Morgan fingerprint density at radius 3 is 2.04 bits per heavy atom. The Hall–Kier alpha value is -0.480. The maximum absolute atomic E-state index is 10.5. The molecule has 2 heterocycles. The van der Waals surface area contributed by atoms with Crippen LogP contribution in [0.3, 0.4) is 0 Å². The van der Waals surface area contributed by atoms with E-state index < -0.39 is 74.6 Å². The van der Waals surface area contributed by atoms with Gasteiger partial charge in [0, 0.05) is 0 Å². The van der Waals surface area contributed by atoms with Crippen LogP contribution in [0.1, 0.15) is 6.42 Å². The van der Waals surface area contributed by atoms with Crippen LogP contribution in [-0.4, -0.2) is 123 Å². The van der Waals surface area contributed by atoms with Crippen molar-refractivity contribution in [3.63, 3.8) is 0 Å². The summed E-state index contributed by atoms with van der Waals surface area (Å²) in [6, 6.07) is 0. The number of ether oxygens (including phenoxy) is 3. The standard InChI is InChI=1S/C15H30N2O10/c16-2-1-3-17-14-12(24)13(9(21)7(5-19)25-14)27-15-11(23)10(22)8(20)6(4-18)26-15/h6-15,17-24H,1-5,16H2/t6-,7-,8-,9-,10+,11-,12-,13+,14?,15+/m1/s1. The van der Waals surface area contributed by atoms with Gasteiger partial charge in [0.05, 0.1) is 13.2 Å². The molecule has 0 radical (unpaired) electrons. The molecule has 0 amide bonds. The van der Waals surface area contributed by atoms with Crippen molar-refractivity contribution >= 4 is 0 Å². The smallest absolute Gasteiger partial charge is 0.187 e. The van der Waals surface area contributed by atoms with Gasteiger partial charge in [-0.2, -0.15) is 0 Å². The van der Waals surface area contributed by atoms with Crippen molar-refractivity contribution in [2.24, 2.45) is 5.73 Å². The number of aliphatic hydroxyl groups excluding tert-OH is 7. The summed E-state index contributed by atoms with van der Waals surface area (Å²) >= 11 is 0. The van der Waals surface area contributed by atoms with E-state index in [2.05, 4.69) is 5.32 Å². The first-order valence-corrected chi connectivity index (χ1v) is 8.87. The summed E-state index contributed by atoms with van der Waals surface area (Å²) in [7, 11) is 0. The molecule has 0 aromatic rings. The lowest BCUT2D eigenvalue weighted by Gasteiger charge is -2.46. The van der Waals surface area contributed by atoms with Crippen LogP contribution in [0.5, 0.6) is 0 Å². The second-order valence-corrected chi connectivity index (χ2v) is 6.65. The Kier molecular flexibility index (Phi) is 8.73. The van der Waals surface area contributed by atoms with Crippen LogP contribution in [0, 0.1) is 0 Å². The zero-order valence-electron chi connectivity index (χ0n) is 14.7. The van der Waals surface area contributed by atoms with Crippen molar-refractivity contribution in [3.8, 4) is 0 Å². The molecule has 10 atom stereocenters. The van der Waals surface area contributed by atoms with Gasteiger partial charge in [-0.1, -0.05) is 0 Å². The predicted molar refractivity (Wildman–Crippen MR) is 88.1 cm³/mol. The van der Waals surface area contributed by atoms with Crippen LogP contribution in [0.2, 0.25) is 0 Å². The highest BCUT2D eigenvalue weighted by molar-refractivity contribution is 4.95. The Morgan fingerprint density at radius 2 is 1.44 bits per heavy atom. The lowest BCUT2D eigenvalue weighted by molar-refractivity contribution is -0.343. The number of rotatable bonds is 8. The summed E-state index contributed by atoms with van der Waals surface area (Å²) in [6.07, 6.45) is -13.4. The summed E-state index contributed by atoms with van der Waals surface area (Å²) in [5.41, 5.74) is 5.41. The monoisotopic (exact) mass is 398 g/mol. The van der Waals surface area contributed by atoms with Gasteiger partial charge in [-0.25, -0.2) is 0 Å². The molecule has 0 saturated carbocycles. The highest BCUT2D eigenvalue weighted by Gasteiger charge is 2.50. The first kappa shape index (κ1) is 22.8. The molecular formula is C15H30N2O10. The summed E-state index contributed by atoms with van der Waals surface area (Å²) in [6.45, 7) is -0.393. The maximum Gasteiger partial charge on any atom is 0.187 e. The average Bonchev–Trinajstić information content (AvgIpc) is 2.66. The van der Waals surface area contributed by atoms with Crippen LogP contribution < -0.4 is 11.1 Å². The van der Waals surface area contributed by atoms with E-state index in [1.165, 1.54) is 0 Å².